The monoisotopic (exact) mass is 259 g/mol. The summed E-state index contributed by atoms with van der Waals surface area (Å²) in [6, 6.07) is 7.92. The number of rotatable bonds is 3. The van der Waals surface area contributed by atoms with Gasteiger partial charge in [-0.3, -0.25) is 0 Å². The molecule has 0 bridgehead atoms. The predicted octanol–water partition coefficient (Wildman–Crippen LogP) is 2.67. The zero-order valence-electron chi connectivity index (χ0n) is 10.9. The molecule has 0 radical (unpaired) electrons. The smallest absolute Gasteiger partial charge is 0.260 e. The first-order chi connectivity index (χ1) is 9.38. The van der Waals surface area contributed by atoms with Crippen LogP contribution in [0.4, 0.5) is 5.69 Å². The van der Waals surface area contributed by atoms with E-state index in [0.29, 0.717) is 11.8 Å². The number of ether oxygens (including phenoxy) is 1. The van der Waals surface area contributed by atoms with Gasteiger partial charge in [-0.2, -0.15) is 4.98 Å². The molecule has 1 aliphatic rings. The largest absolute Gasteiger partial charge is 0.387 e. The van der Waals surface area contributed by atoms with E-state index in [9.17, 15) is 0 Å². The third-order valence-corrected chi connectivity index (χ3v) is 3.45. The van der Waals surface area contributed by atoms with Crippen molar-refractivity contribution < 1.29 is 9.26 Å². The summed E-state index contributed by atoms with van der Waals surface area (Å²) in [6.07, 6.45) is 1.93. The summed E-state index contributed by atoms with van der Waals surface area (Å²) in [5.74, 6) is 1.73. The number of hydrogen-bond acceptors (Lipinski definition) is 5. The quantitative estimate of drug-likeness (QED) is 0.918. The van der Waals surface area contributed by atoms with E-state index in [1.54, 1.807) is 0 Å². The van der Waals surface area contributed by atoms with Gasteiger partial charge in [0, 0.05) is 31.9 Å². The number of aromatic nitrogens is 2. The molecule has 1 saturated heterocycles. The maximum absolute atomic E-state index is 5.40. The van der Waals surface area contributed by atoms with Crippen LogP contribution < -0.4 is 5.32 Å². The van der Waals surface area contributed by atoms with Crippen molar-refractivity contribution >= 4 is 5.69 Å². The fourth-order valence-electron chi connectivity index (χ4n) is 2.35. The third kappa shape index (κ3) is 2.46. The highest BCUT2D eigenvalue weighted by Gasteiger charge is 2.22. The van der Waals surface area contributed by atoms with Crippen molar-refractivity contribution in [1.29, 1.82) is 0 Å². The number of nitrogens with zero attached hydrogens (tertiary/aromatic N) is 2. The normalized spacial score (nSPS) is 16.5. The Morgan fingerprint density at radius 3 is 2.79 bits per heavy atom. The molecule has 0 saturated carbocycles. The molecule has 3 rings (SSSR count). The summed E-state index contributed by atoms with van der Waals surface area (Å²) in [7, 11) is 1.88. The second kappa shape index (κ2) is 5.40. The maximum Gasteiger partial charge on any atom is 0.260 e. The van der Waals surface area contributed by atoms with Crippen LogP contribution in [-0.4, -0.2) is 30.4 Å². The summed E-state index contributed by atoms with van der Waals surface area (Å²) in [4.78, 5) is 4.54. The molecular formula is C14H17N3O2. The van der Waals surface area contributed by atoms with Crippen molar-refractivity contribution in [2.24, 2.45) is 0 Å². The molecule has 0 unspecified atom stereocenters. The van der Waals surface area contributed by atoms with Crippen LogP contribution in [0.2, 0.25) is 0 Å². The second-order valence-electron chi connectivity index (χ2n) is 4.64. The molecule has 2 aromatic rings. The molecule has 1 aromatic carbocycles. The van der Waals surface area contributed by atoms with Gasteiger partial charge in [0.1, 0.15) is 0 Å². The molecule has 19 heavy (non-hydrogen) atoms. The first kappa shape index (κ1) is 12.2. The summed E-state index contributed by atoms with van der Waals surface area (Å²) < 4.78 is 10.8. The predicted molar refractivity (Wildman–Crippen MR) is 72.1 cm³/mol. The number of nitrogens with one attached hydrogen (secondary N) is 1. The van der Waals surface area contributed by atoms with Crippen molar-refractivity contribution in [2.75, 3.05) is 25.6 Å². The zero-order chi connectivity index (χ0) is 13.1. The van der Waals surface area contributed by atoms with Crippen molar-refractivity contribution in [1.82, 2.24) is 10.1 Å². The lowest BCUT2D eigenvalue weighted by Gasteiger charge is -2.18. The molecule has 0 spiro atoms. The molecule has 2 heterocycles. The highest BCUT2D eigenvalue weighted by Crippen LogP contribution is 2.29. The first-order valence-electron chi connectivity index (χ1n) is 6.57. The summed E-state index contributed by atoms with van der Waals surface area (Å²) in [5.41, 5.74) is 1.93. The van der Waals surface area contributed by atoms with Gasteiger partial charge >= 0.3 is 0 Å². The Bertz CT molecular complexity index is 547. The number of benzene rings is 1. The number of hydrogen-bond donors (Lipinski definition) is 1. The van der Waals surface area contributed by atoms with Gasteiger partial charge in [-0.1, -0.05) is 17.3 Å². The Hall–Kier alpha value is -1.88. The molecule has 0 aliphatic carbocycles. The lowest BCUT2D eigenvalue weighted by molar-refractivity contribution is 0.0830. The number of para-hydroxylation sites is 1. The van der Waals surface area contributed by atoms with Crippen molar-refractivity contribution in [3.8, 4) is 11.5 Å². The fraction of sp³-hybridized carbons (Fsp3) is 0.429. The van der Waals surface area contributed by atoms with Crippen LogP contribution >= 0.6 is 0 Å². The van der Waals surface area contributed by atoms with Crippen molar-refractivity contribution in [3.05, 3.63) is 30.1 Å². The van der Waals surface area contributed by atoms with Crippen LogP contribution in [0.15, 0.2) is 28.8 Å². The lowest BCUT2D eigenvalue weighted by Crippen LogP contribution is -2.15. The lowest BCUT2D eigenvalue weighted by atomic mass is 10.00. The van der Waals surface area contributed by atoms with Gasteiger partial charge in [0.15, 0.2) is 5.82 Å². The Balaban J connectivity index is 1.88. The average Bonchev–Trinajstić information content (AvgIpc) is 2.98. The molecule has 5 heteroatoms. The van der Waals surface area contributed by atoms with E-state index in [-0.39, 0.29) is 0 Å². The highest BCUT2D eigenvalue weighted by atomic mass is 16.5. The van der Waals surface area contributed by atoms with Gasteiger partial charge in [-0.15, -0.1) is 0 Å². The average molecular weight is 259 g/mol. The minimum atomic E-state index is 0.355. The van der Waals surface area contributed by atoms with Crippen LogP contribution in [0.3, 0.4) is 0 Å². The van der Waals surface area contributed by atoms with E-state index < -0.39 is 0 Å². The van der Waals surface area contributed by atoms with Gasteiger partial charge in [-0.25, -0.2) is 0 Å². The van der Waals surface area contributed by atoms with Gasteiger partial charge in [-0.05, 0) is 25.0 Å². The SMILES string of the molecule is CNc1ccccc1-c1nc(C2CCOCC2)no1. The van der Waals surface area contributed by atoms with E-state index in [4.69, 9.17) is 9.26 Å². The molecule has 100 valence electrons. The molecule has 0 atom stereocenters. The topological polar surface area (TPSA) is 60.2 Å². The number of anilines is 1. The van der Waals surface area contributed by atoms with Gasteiger partial charge in [0.25, 0.3) is 5.89 Å². The molecule has 1 aromatic heterocycles. The molecule has 0 amide bonds. The molecule has 5 nitrogen and oxygen atoms in total. The fourth-order valence-corrected chi connectivity index (χ4v) is 2.35. The molecular weight excluding hydrogens is 242 g/mol. The van der Waals surface area contributed by atoms with E-state index >= 15 is 0 Å². The zero-order valence-corrected chi connectivity index (χ0v) is 10.9. The second-order valence-corrected chi connectivity index (χ2v) is 4.64. The van der Waals surface area contributed by atoms with Crippen LogP contribution in [-0.2, 0) is 4.74 Å². The van der Waals surface area contributed by atoms with E-state index in [2.05, 4.69) is 15.5 Å². The van der Waals surface area contributed by atoms with E-state index in [1.165, 1.54) is 0 Å². The first-order valence-corrected chi connectivity index (χ1v) is 6.57. The van der Waals surface area contributed by atoms with Gasteiger partial charge < -0.3 is 14.6 Å². The molecule has 1 N–H and O–H groups in total. The third-order valence-electron chi connectivity index (χ3n) is 3.45. The molecule has 1 fully saturated rings. The van der Waals surface area contributed by atoms with Crippen molar-refractivity contribution in [2.45, 2.75) is 18.8 Å². The van der Waals surface area contributed by atoms with Crippen LogP contribution in [0.5, 0.6) is 0 Å². The highest BCUT2D eigenvalue weighted by molar-refractivity contribution is 5.72. The Morgan fingerprint density at radius 2 is 2.00 bits per heavy atom. The van der Waals surface area contributed by atoms with Crippen molar-refractivity contribution in [3.63, 3.8) is 0 Å². The minimum absolute atomic E-state index is 0.355. The van der Waals surface area contributed by atoms with Crippen LogP contribution in [0, 0.1) is 0 Å². The maximum atomic E-state index is 5.40. The Kier molecular flexibility index (Phi) is 3.46. The van der Waals surface area contributed by atoms with Gasteiger partial charge in [0.2, 0.25) is 0 Å². The van der Waals surface area contributed by atoms with Crippen LogP contribution in [0.25, 0.3) is 11.5 Å². The van der Waals surface area contributed by atoms with E-state index in [0.717, 1.165) is 43.1 Å². The molecule has 1 aliphatic heterocycles. The standard InChI is InChI=1S/C14H17N3O2/c1-15-12-5-3-2-4-11(12)14-16-13(17-19-14)10-6-8-18-9-7-10/h2-5,10,15H,6-9H2,1H3. The Morgan fingerprint density at radius 1 is 1.21 bits per heavy atom. The van der Waals surface area contributed by atoms with Gasteiger partial charge in [0.05, 0.1) is 5.56 Å². The summed E-state index contributed by atoms with van der Waals surface area (Å²) >= 11 is 0. The minimum Gasteiger partial charge on any atom is -0.387 e. The van der Waals surface area contributed by atoms with Crippen LogP contribution in [0.1, 0.15) is 24.6 Å². The van der Waals surface area contributed by atoms with E-state index in [1.807, 2.05) is 31.3 Å². The summed E-state index contributed by atoms with van der Waals surface area (Å²) in [6.45, 7) is 1.56. The summed E-state index contributed by atoms with van der Waals surface area (Å²) in [5, 5.41) is 7.26. The Labute approximate surface area is 112 Å².